The summed E-state index contributed by atoms with van der Waals surface area (Å²) in [6, 6.07) is 0. The fourth-order valence-corrected chi connectivity index (χ4v) is 4.49. The number of ether oxygens (including phenoxy) is 1. The van der Waals surface area contributed by atoms with E-state index in [1.807, 2.05) is 0 Å². The van der Waals surface area contributed by atoms with Crippen LogP contribution >= 0.6 is 0 Å². The molecular formula is C36H77NO2. The van der Waals surface area contributed by atoms with E-state index in [0.29, 0.717) is 13.0 Å². The zero-order valence-corrected chi connectivity index (χ0v) is 28.3. The molecular weight excluding hydrogens is 478 g/mol. The first-order valence-electron chi connectivity index (χ1n) is 17.6. The highest BCUT2D eigenvalue weighted by molar-refractivity contribution is 5.69. The largest absolute Gasteiger partial charge is 0.466 e. The fourth-order valence-electron chi connectivity index (χ4n) is 4.49. The quantitative estimate of drug-likeness (QED) is 0.0771. The van der Waals surface area contributed by atoms with Crippen molar-refractivity contribution in [1.29, 1.82) is 0 Å². The average Bonchev–Trinajstić information content (AvgIpc) is 2.89. The summed E-state index contributed by atoms with van der Waals surface area (Å²) in [6.45, 7) is 14.2. The zero-order valence-electron chi connectivity index (χ0n) is 28.3. The second-order valence-electron chi connectivity index (χ2n) is 12.6. The van der Waals surface area contributed by atoms with Crippen LogP contribution in [0.25, 0.3) is 0 Å². The van der Waals surface area contributed by atoms with E-state index in [2.05, 4.69) is 41.5 Å². The molecule has 0 amide bonds. The Morgan fingerprint density at radius 3 is 0.974 bits per heavy atom. The molecule has 3 heteroatoms. The lowest BCUT2D eigenvalue weighted by Crippen LogP contribution is -2.05. The first-order chi connectivity index (χ1) is 18.5. The Hall–Kier alpha value is -0.570. The SMILES string of the molecule is CC(C)C(C)C.CCCCCCCCCCCCCCCCCC(=O)OCCCCCCCCCCCC.N. The maximum Gasteiger partial charge on any atom is 0.305 e. The van der Waals surface area contributed by atoms with Gasteiger partial charge in [0, 0.05) is 6.42 Å². The lowest BCUT2D eigenvalue weighted by atomic mass is 10.0. The molecule has 0 unspecified atom stereocenters. The summed E-state index contributed by atoms with van der Waals surface area (Å²) in [7, 11) is 0. The first-order valence-corrected chi connectivity index (χ1v) is 17.6. The predicted molar refractivity (Wildman–Crippen MR) is 177 cm³/mol. The molecule has 0 aromatic heterocycles. The molecule has 39 heavy (non-hydrogen) atoms. The maximum absolute atomic E-state index is 11.8. The molecule has 0 aromatic carbocycles. The standard InChI is InChI=1S/C30H60O2.C6H14.H3N/c1-3-5-7-9-11-13-15-16-17-18-19-20-22-24-26-28-30(31)32-29-27-25-23-21-14-12-10-8-6-4-2;1-5(2)6(3)4;/h3-29H2,1-2H3;5-6H,1-4H3;1H3. The number of esters is 1. The van der Waals surface area contributed by atoms with Gasteiger partial charge in [-0.05, 0) is 24.7 Å². The van der Waals surface area contributed by atoms with Gasteiger partial charge in [0.1, 0.15) is 0 Å². The van der Waals surface area contributed by atoms with Crippen molar-refractivity contribution in [3.8, 4) is 0 Å². The molecule has 0 fully saturated rings. The molecule has 0 saturated carbocycles. The van der Waals surface area contributed by atoms with Crippen LogP contribution in [0.3, 0.4) is 0 Å². The van der Waals surface area contributed by atoms with E-state index in [-0.39, 0.29) is 12.1 Å². The van der Waals surface area contributed by atoms with E-state index in [1.54, 1.807) is 0 Å². The number of rotatable bonds is 28. The molecule has 0 aliphatic heterocycles. The van der Waals surface area contributed by atoms with Gasteiger partial charge in [0.2, 0.25) is 0 Å². The highest BCUT2D eigenvalue weighted by Crippen LogP contribution is 2.14. The normalized spacial score (nSPS) is 10.9. The van der Waals surface area contributed by atoms with Gasteiger partial charge >= 0.3 is 5.97 Å². The van der Waals surface area contributed by atoms with E-state index < -0.39 is 0 Å². The molecule has 0 aliphatic carbocycles. The van der Waals surface area contributed by atoms with Crippen LogP contribution in [0.2, 0.25) is 0 Å². The second-order valence-corrected chi connectivity index (χ2v) is 12.6. The van der Waals surface area contributed by atoms with Gasteiger partial charge in [0.25, 0.3) is 0 Å². The van der Waals surface area contributed by atoms with Crippen molar-refractivity contribution in [2.45, 2.75) is 208 Å². The van der Waals surface area contributed by atoms with E-state index in [0.717, 1.165) is 24.7 Å². The third-order valence-corrected chi connectivity index (χ3v) is 8.08. The molecule has 0 aliphatic rings. The van der Waals surface area contributed by atoms with E-state index >= 15 is 0 Å². The minimum Gasteiger partial charge on any atom is -0.466 e. The minimum absolute atomic E-state index is 0. The average molecular weight is 556 g/mol. The van der Waals surface area contributed by atoms with E-state index in [9.17, 15) is 4.79 Å². The Labute approximate surface area is 248 Å². The number of hydrogen-bond donors (Lipinski definition) is 1. The Bertz CT molecular complexity index is 430. The van der Waals surface area contributed by atoms with E-state index in [1.165, 1.54) is 148 Å². The molecule has 3 N–H and O–H groups in total. The lowest BCUT2D eigenvalue weighted by Gasteiger charge is -2.06. The molecule has 0 heterocycles. The van der Waals surface area contributed by atoms with Crippen molar-refractivity contribution in [3.63, 3.8) is 0 Å². The van der Waals surface area contributed by atoms with Crippen LogP contribution in [0.1, 0.15) is 208 Å². The third-order valence-electron chi connectivity index (χ3n) is 8.08. The van der Waals surface area contributed by atoms with Gasteiger partial charge in [-0.3, -0.25) is 4.79 Å². The Morgan fingerprint density at radius 1 is 0.436 bits per heavy atom. The summed E-state index contributed by atoms with van der Waals surface area (Å²) >= 11 is 0. The van der Waals surface area contributed by atoms with Gasteiger partial charge in [0.05, 0.1) is 6.61 Å². The molecule has 0 saturated heterocycles. The summed E-state index contributed by atoms with van der Waals surface area (Å²) in [6.07, 6.45) is 34.2. The fraction of sp³-hybridized carbons (Fsp3) is 0.972. The Kier molecular flexibility index (Phi) is 41.2. The second kappa shape index (κ2) is 37.4. The Morgan fingerprint density at radius 2 is 0.692 bits per heavy atom. The summed E-state index contributed by atoms with van der Waals surface area (Å²) < 4.78 is 5.39. The van der Waals surface area contributed by atoms with Gasteiger partial charge in [-0.25, -0.2) is 0 Å². The van der Waals surface area contributed by atoms with Crippen molar-refractivity contribution in [3.05, 3.63) is 0 Å². The van der Waals surface area contributed by atoms with Crippen molar-refractivity contribution < 1.29 is 9.53 Å². The molecule has 0 rings (SSSR count). The topological polar surface area (TPSA) is 61.3 Å². The van der Waals surface area contributed by atoms with Crippen LogP contribution in [0.4, 0.5) is 0 Å². The van der Waals surface area contributed by atoms with Crippen LogP contribution in [0.5, 0.6) is 0 Å². The van der Waals surface area contributed by atoms with Crippen LogP contribution in [-0.2, 0) is 9.53 Å². The minimum atomic E-state index is 0. The molecule has 0 bridgehead atoms. The summed E-state index contributed by atoms with van der Waals surface area (Å²) in [5.74, 6) is 1.73. The third kappa shape index (κ3) is 42.0. The Balaban J connectivity index is -0.00000165. The van der Waals surface area contributed by atoms with Crippen molar-refractivity contribution in [2.75, 3.05) is 6.61 Å². The van der Waals surface area contributed by atoms with Gasteiger partial charge in [-0.2, -0.15) is 0 Å². The first kappa shape index (κ1) is 42.9. The zero-order chi connectivity index (χ0) is 28.5. The molecule has 0 radical (unpaired) electrons. The van der Waals surface area contributed by atoms with Crippen LogP contribution in [0, 0.1) is 11.8 Å². The highest BCUT2D eigenvalue weighted by Gasteiger charge is 2.03. The van der Waals surface area contributed by atoms with Crippen LogP contribution in [0.15, 0.2) is 0 Å². The smallest absolute Gasteiger partial charge is 0.305 e. The van der Waals surface area contributed by atoms with Crippen molar-refractivity contribution in [1.82, 2.24) is 6.15 Å². The van der Waals surface area contributed by atoms with E-state index in [4.69, 9.17) is 4.74 Å². The van der Waals surface area contributed by atoms with Gasteiger partial charge in [0.15, 0.2) is 0 Å². The summed E-state index contributed by atoms with van der Waals surface area (Å²) in [5, 5.41) is 0. The number of hydrogen-bond acceptors (Lipinski definition) is 3. The van der Waals surface area contributed by atoms with Gasteiger partial charge in [-0.15, -0.1) is 0 Å². The molecule has 0 spiro atoms. The molecule has 238 valence electrons. The van der Waals surface area contributed by atoms with Crippen LogP contribution < -0.4 is 6.15 Å². The molecule has 3 nitrogen and oxygen atoms in total. The number of carbonyl (C=O) groups excluding carboxylic acids is 1. The number of unbranched alkanes of at least 4 members (excludes halogenated alkanes) is 23. The maximum atomic E-state index is 11.8. The lowest BCUT2D eigenvalue weighted by molar-refractivity contribution is -0.143. The number of carbonyl (C=O) groups is 1. The monoisotopic (exact) mass is 556 g/mol. The predicted octanol–water partition coefficient (Wildman–Crippen LogP) is 13.2. The van der Waals surface area contributed by atoms with Crippen LogP contribution in [-0.4, -0.2) is 12.6 Å². The van der Waals surface area contributed by atoms with Gasteiger partial charge in [-0.1, -0.05) is 189 Å². The highest BCUT2D eigenvalue weighted by atomic mass is 16.5. The summed E-state index contributed by atoms with van der Waals surface area (Å²) in [4.78, 5) is 11.8. The van der Waals surface area contributed by atoms with Gasteiger partial charge < -0.3 is 10.9 Å². The van der Waals surface area contributed by atoms with Crippen molar-refractivity contribution >= 4 is 5.97 Å². The molecule has 0 aromatic rings. The molecule has 0 atom stereocenters. The summed E-state index contributed by atoms with van der Waals surface area (Å²) in [5.41, 5.74) is 0. The van der Waals surface area contributed by atoms with Crippen molar-refractivity contribution in [2.24, 2.45) is 11.8 Å².